The van der Waals surface area contributed by atoms with E-state index in [1.807, 2.05) is 24.3 Å². The molecule has 0 bridgehead atoms. The van der Waals surface area contributed by atoms with Crippen molar-refractivity contribution < 1.29 is 9.32 Å². The predicted octanol–water partition coefficient (Wildman–Crippen LogP) is 1.61. The van der Waals surface area contributed by atoms with Gasteiger partial charge in [0, 0.05) is 40.2 Å². The van der Waals surface area contributed by atoms with Crippen molar-refractivity contribution in [2.24, 2.45) is 4.99 Å². The van der Waals surface area contributed by atoms with Crippen LogP contribution in [0.3, 0.4) is 0 Å². The lowest BCUT2D eigenvalue weighted by Gasteiger charge is -2.12. The second-order valence-electron chi connectivity index (χ2n) is 5.73. The van der Waals surface area contributed by atoms with E-state index in [-0.39, 0.29) is 29.9 Å². The number of guanidine groups is 1. The fourth-order valence-corrected chi connectivity index (χ4v) is 2.24. The van der Waals surface area contributed by atoms with E-state index in [0.29, 0.717) is 36.3 Å². The number of nitrogens with zero attached hydrogens (tertiary/aromatic N) is 4. The molecule has 0 saturated heterocycles. The Morgan fingerprint density at radius 2 is 2.08 bits per heavy atom. The molecule has 2 N–H and O–H groups in total. The van der Waals surface area contributed by atoms with E-state index in [9.17, 15) is 4.79 Å². The monoisotopic (exact) mass is 472 g/mol. The molecule has 1 aromatic heterocycles. The van der Waals surface area contributed by atoms with Crippen LogP contribution in [-0.4, -0.2) is 54.6 Å². The number of aryl methyl sites for hydroxylation is 1. The van der Waals surface area contributed by atoms with Gasteiger partial charge in [0.2, 0.25) is 5.89 Å². The van der Waals surface area contributed by atoms with E-state index < -0.39 is 0 Å². The average molecular weight is 472 g/mol. The first-order chi connectivity index (χ1) is 12.0. The van der Waals surface area contributed by atoms with Crippen LogP contribution in [0.25, 0.3) is 0 Å². The minimum absolute atomic E-state index is 0. The number of hydrogen-bond donors (Lipinski definition) is 2. The molecule has 1 aromatic carbocycles. The zero-order valence-corrected chi connectivity index (χ0v) is 17.8. The smallest absolute Gasteiger partial charge is 0.253 e. The number of benzene rings is 1. The summed E-state index contributed by atoms with van der Waals surface area (Å²) in [6.45, 7) is 2.87. The van der Waals surface area contributed by atoms with Crippen LogP contribution < -0.4 is 10.6 Å². The quantitative estimate of drug-likeness (QED) is 0.377. The number of carbonyl (C=O) groups is 1. The van der Waals surface area contributed by atoms with Crippen LogP contribution in [0, 0.1) is 6.92 Å². The number of aromatic nitrogens is 2. The maximum Gasteiger partial charge on any atom is 0.253 e. The lowest BCUT2D eigenvalue weighted by atomic mass is 10.1. The summed E-state index contributed by atoms with van der Waals surface area (Å²) in [6.07, 6.45) is 0.774. The summed E-state index contributed by atoms with van der Waals surface area (Å²) in [5, 5.41) is 10.2. The van der Waals surface area contributed by atoms with Crippen LogP contribution >= 0.6 is 24.0 Å². The zero-order chi connectivity index (χ0) is 18.2. The molecule has 1 heterocycles. The van der Waals surface area contributed by atoms with Gasteiger partial charge in [-0.15, -0.1) is 24.0 Å². The van der Waals surface area contributed by atoms with E-state index in [1.54, 1.807) is 33.0 Å². The van der Waals surface area contributed by atoms with Gasteiger partial charge in [0.05, 0.1) is 6.54 Å². The molecular weight excluding hydrogens is 447 g/mol. The summed E-state index contributed by atoms with van der Waals surface area (Å²) < 4.78 is 4.92. The summed E-state index contributed by atoms with van der Waals surface area (Å²) in [4.78, 5) is 21.9. The van der Waals surface area contributed by atoms with Crippen molar-refractivity contribution in [3.05, 3.63) is 47.1 Å². The molecule has 0 aliphatic carbocycles. The van der Waals surface area contributed by atoms with E-state index in [2.05, 4.69) is 25.8 Å². The molecule has 142 valence electrons. The van der Waals surface area contributed by atoms with Gasteiger partial charge in [-0.2, -0.15) is 4.98 Å². The minimum Gasteiger partial charge on any atom is -0.356 e. The Morgan fingerprint density at radius 1 is 1.31 bits per heavy atom. The Bertz CT molecular complexity index is 744. The van der Waals surface area contributed by atoms with Gasteiger partial charge < -0.3 is 20.1 Å². The number of carbonyl (C=O) groups excluding carboxylic acids is 1. The van der Waals surface area contributed by atoms with Crippen molar-refractivity contribution in [3.8, 4) is 0 Å². The molecular formula is C17H25IN6O2. The van der Waals surface area contributed by atoms with Gasteiger partial charge in [-0.3, -0.25) is 9.79 Å². The highest BCUT2D eigenvalue weighted by Gasteiger charge is 2.08. The van der Waals surface area contributed by atoms with Crippen molar-refractivity contribution in [2.45, 2.75) is 19.9 Å². The fourth-order valence-electron chi connectivity index (χ4n) is 2.24. The lowest BCUT2D eigenvalue weighted by Crippen LogP contribution is -2.38. The number of rotatable bonds is 6. The van der Waals surface area contributed by atoms with Gasteiger partial charge in [0.25, 0.3) is 5.91 Å². The molecule has 0 fully saturated rings. The average Bonchev–Trinajstić information content (AvgIpc) is 3.02. The van der Waals surface area contributed by atoms with Gasteiger partial charge in [0.1, 0.15) is 0 Å². The second kappa shape index (κ2) is 10.7. The van der Waals surface area contributed by atoms with Crippen molar-refractivity contribution in [1.29, 1.82) is 0 Å². The summed E-state index contributed by atoms with van der Waals surface area (Å²) >= 11 is 0. The molecule has 9 heteroatoms. The van der Waals surface area contributed by atoms with Crippen LogP contribution in [0.5, 0.6) is 0 Å². The van der Waals surface area contributed by atoms with E-state index in [4.69, 9.17) is 4.52 Å². The second-order valence-corrected chi connectivity index (χ2v) is 5.73. The van der Waals surface area contributed by atoms with Crippen LogP contribution in [-0.2, 0) is 13.0 Å². The Kier molecular flexibility index (Phi) is 9.03. The van der Waals surface area contributed by atoms with Crippen molar-refractivity contribution in [3.63, 3.8) is 0 Å². The Labute approximate surface area is 170 Å². The predicted molar refractivity (Wildman–Crippen MR) is 111 cm³/mol. The molecule has 0 spiro atoms. The topological polar surface area (TPSA) is 95.7 Å². The molecule has 8 nitrogen and oxygen atoms in total. The number of hydrogen-bond acceptors (Lipinski definition) is 5. The van der Waals surface area contributed by atoms with Gasteiger partial charge in [-0.1, -0.05) is 17.3 Å². The first kappa shape index (κ1) is 21.9. The maximum atomic E-state index is 12.0. The highest BCUT2D eigenvalue weighted by atomic mass is 127. The first-order valence-corrected chi connectivity index (χ1v) is 8.04. The summed E-state index contributed by atoms with van der Waals surface area (Å²) in [5.74, 6) is 1.77. The molecule has 1 amide bonds. The highest BCUT2D eigenvalue weighted by Crippen LogP contribution is 2.07. The highest BCUT2D eigenvalue weighted by molar-refractivity contribution is 14.0. The SMILES string of the molecule is CN=C(NCCc1cccc(C(=O)N(C)C)c1)NCc1noc(C)n1.I. The number of nitrogens with one attached hydrogen (secondary N) is 2. The summed E-state index contributed by atoms with van der Waals surface area (Å²) in [7, 11) is 5.20. The lowest BCUT2D eigenvalue weighted by molar-refractivity contribution is 0.0827. The van der Waals surface area contributed by atoms with Crippen molar-refractivity contribution in [2.75, 3.05) is 27.7 Å². The fraction of sp³-hybridized carbons (Fsp3) is 0.412. The normalized spacial score (nSPS) is 10.8. The minimum atomic E-state index is 0. The molecule has 0 atom stereocenters. The summed E-state index contributed by atoms with van der Waals surface area (Å²) in [6, 6.07) is 7.65. The van der Waals surface area contributed by atoms with Gasteiger partial charge >= 0.3 is 0 Å². The van der Waals surface area contributed by atoms with Crippen molar-refractivity contribution >= 4 is 35.8 Å². The molecule has 0 saturated carbocycles. The largest absolute Gasteiger partial charge is 0.356 e. The molecule has 0 aliphatic heterocycles. The molecule has 2 aromatic rings. The van der Waals surface area contributed by atoms with Gasteiger partial charge in [0.15, 0.2) is 11.8 Å². The Balaban J connectivity index is 0.00000338. The number of halogens is 1. The molecule has 26 heavy (non-hydrogen) atoms. The van der Waals surface area contributed by atoms with Crippen LogP contribution in [0.1, 0.15) is 27.6 Å². The third-order valence-electron chi connectivity index (χ3n) is 3.49. The molecule has 0 aliphatic rings. The van der Waals surface area contributed by atoms with Gasteiger partial charge in [-0.05, 0) is 24.1 Å². The third kappa shape index (κ3) is 6.62. The molecule has 0 radical (unpaired) electrons. The number of aliphatic imine (C=N–C) groups is 1. The Hall–Kier alpha value is -2.17. The summed E-state index contributed by atoms with van der Waals surface area (Å²) in [5.41, 5.74) is 1.78. The van der Waals surface area contributed by atoms with Crippen LogP contribution in [0.4, 0.5) is 0 Å². The molecule has 2 rings (SSSR count). The zero-order valence-electron chi connectivity index (χ0n) is 15.4. The maximum absolute atomic E-state index is 12.0. The van der Waals surface area contributed by atoms with Crippen molar-refractivity contribution in [1.82, 2.24) is 25.7 Å². The van der Waals surface area contributed by atoms with Crippen LogP contribution in [0.15, 0.2) is 33.8 Å². The standard InChI is InChI=1S/C17H24N6O2.HI/c1-12-21-15(22-25-12)11-20-17(18-2)19-9-8-13-6-5-7-14(10-13)16(24)23(3)4;/h5-7,10H,8-9,11H2,1-4H3,(H2,18,19,20);1H. The first-order valence-electron chi connectivity index (χ1n) is 8.04. The number of amides is 1. The Morgan fingerprint density at radius 3 is 2.69 bits per heavy atom. The van der Waals surface area contributed by atoms with E-state index in [1.165, 1.54) is 0 Å². The van der Waals surface area contributed by atoms with Crippen LogP contribution in [0.2, 0.25) is 0 Å². The molecule has 0 unspecified atom stereocenters. The third-order valence-corrected chi connectivity index (χ3v) is 3.49. The van der Waals surface area contributed by atoms with E-state index >= 15 is 0 Å². The van der Waals surface area contributed by atoms with Gasteiger partial charge in [-0.25, -0.2) is 0 Å². The van der Waals surface area contributed by atoms with E-state index in [0.717, 1.165) is 12.0 Å².